The third-order valence-electron chi connectivity index (χ3n) is 3.80. The minimum atomic E-state index is -0.424. The number of nitro benzene ring substituents is 1. The lowest BCUT2D eigenvalue weighted by Crippen LogP contribution is -2.33. The Morgan fingerprint density at radius 2 is 1.96 bits per heavy atom. The molecule has 116 valence electrons. The highest BCUT2D eigenvalue weighted by Gasteiger charge is 2.21. The van der Waals surface area contributed by atoms with Crippen LogP contribution in [0.3, 0.4) is 0 Å². The third-order valence-corrected chi connectivity index (χ3v) is 3.80. The molecule has 1 heterocycles. The van der Waals surface area contributed by atoms with Gasteiger partial charge in [0.1, 0.15) is 11.6 Å². The lowest BCUT2D eigenvalue weighted by Gasteiger charge is -2.29. The van der Waals surface area contributed by atoms with Crippen molar-refractivity contribution in [1.29, 1.82) is 5.41 Å². The number of hydrogen-bond donors (Lipinski definition) is 2. The molecule has 1 aliphatic rings. The van der Waals surface area contributed by atoms with E-state index in [1.807, 2.05) is 18.2 Å². The second kappa shape index (κ2) is 5.92. The fraction of sp³-hybridized carbons (Fsp3) is 0.118. The van der Waals surface area contributed by atoms with E-state index in [0.717, 1.165) is 11.1 Å². The van der Waals surface area contributed by atoms with E-state index in [-0.39, 0.29) is 11.4 Å². The zero-order valence-corrected chi connectivity index (χ0v) is 12.3. The number of amidine groups is 1. The molecule has 0 unspecified atom stereocenters. The molecule has 0 atom stereocenters. The van der Waals surface area contributed by atoms with E-state index in [0.29, 0.717) is 24.5 Å². The number of nitrogens with zero attached hydrogens (tertiary/aromatic N) is 2. The van der Waals surface area contributed by atoms with Crippen LogP contribution in [-0.4, -0.2) is 22.4 Å². The minimum absolute atomic E-state index is 0.0399. The molecule has 6 nitrogen and oxygen atoms in total. The van der Waals surface area contributed by atoms with E-state index in [1.54, 1.807) is 29.2 Å². The zero-order valence-electron chi connectivity index (χ0n) is 12.3. The van der Waals surface area contributed by atoms with Crippen LogP contribution < -0.4 is 4.90 Å². The summed E-state index contributed by atoms with van der Waals surface area (Å²) in [5.74, 6) is 0.472. The van der Waals surface area contributed by atoms with Crippen LogP contribution in [0.25, 0.3) is 5.57 Å². The van der Waals surface area contributed by atoms with E-state index < -0.39 is 4.92 Å². The Bertz CT molecular complexity index is 814. The first-order valence-electron chi connectivity index (χ1n) is 7.13. The van der Waals surface area contributed by atoms with E-state index in [1.165, 1.54) is 12.1 Å². The predicted molar refractivity (Wildman–Crippen MR) is 88.9 cm³/mol. The van der Waals surface area contributed by atoms with Gasteiger partial charge < -0.3 is 10.0 Å². The molecule has 0 radical (unpaired) electrons. The SMILES string of the molecule is N=C1CC(c2cccc([N+](=O)[O-])c2)=CCN1c1ccccc1O. The number of phenolic OH excluding ortho intramolecular Hbond substituents is 1. The maximum absolute atomic E-state index is 10.9. The van der Waals surface area contributed by atoms with E-state index >= 15 is 0 Å². The molecule has 0 amide bonds. The van der Waals surface area contributed by atoms with E-state index in [2.05, 4.69) is 0 Å². The quantitative estimate of drug-likeness (QED) is 0.670. The standard InChI is InChI=1S/C17H15N3O3/c18-17-11-13(12-4-3-5-14(10-12)20(22)23)8-9-19(17)15-6-1-2-7-16(15)21/h1-8,10,18,21H,9,11H2. The van der Waals surface area contributed by atoms with Crippen molar-refractivity contribution in [3.05, 3.63) is 70.3 Å². The molecule has 23 heavy (non-hydrogen) atoms. The van der Waals surface area contributed by atoms with Crippen molar-refractivity contribution >= 4 is 22.8 Å². The Labute approximate surface area is 133 Å². The highest BCUT2D eigenvalue weighted by Crippen LogP contribution is 2.32. The number of nitrogens with one attached hydrogen (secondary N) is 1. The summed E-state index contributed by atoms with van der Waals surface area (Å²) in [7, 11) is 0. The maximum Gasteiger partial charge on any atom is 0.270 e. The molecule has 2 N–H and O–H groups in total. The van der Waals surface area contributed by atoms with Crippen LogP contribution in [0.15, 0.2) is 54.6 Å². The van der Waals surface area contributed by atoms with Crippen LogP contribution in [0.2, 0.25) is 0 Å². The number of nitro groups is 1. The summed E-state index contributed by atoms with van der Waals surface area (Å²) in [4.78, 5) is 12.2. The van der Waals surface area contributed by atoms with Gasteiger partial charge in [-0.2, -0.15) is 0 Å². The first-order chi connectivity index (χ1) is 11.1. The fourth-order valence-electron chi connectivity index (χ4n) is 2.63. The number of rotatable bonds is 3. The van der Waals surface area contributed by atoms with Crippen LogP contribution in [0.5, 0.6) is 5.75 Å². The van der Waals surface area contributed by atoms with Gasteiger partial charge in [0.2, 0.25) is 0 Å². The number of non-ortho nitro benzene ring substituents is 1. The molecule has 0 saturated heterocycles. The molecule has 2 aromatic rings. The summed E-state index contributed by atoms with van der Waals surface area (Å²) in [6.07, 6.45) is 2.29. The van der Waals surface area contributed by atoms with Gasteiger partial charge in [-0.3, -0.25) is 15.5 Å². The highest BCUT2D eigenvalue weighted by atomic mass is 16.6. The number of benzene rings is 2. The average molecular weight is 309 g/mol. The van der Waals surface area contributed by atoms with Crippen LogP contribution >= 0.6 is 0 Å². The third kappa shape index (κ3) is 2.91. The molecule has 3 rings (SSSR count). The number of phenols is 1. The molecule has 0 fully saturated rings. The molecular formula is C17H15N3O3. The first kappa shape index (κ1) is 14.8. The number of anilines is 1. The predicted octanol–water partition coefficient (Wildman–Crippen LogP) is 3.57. The van der Waals surface area contributed by atoms with Crippen molar-refractivity contribution in [2.75, 3.05) is 11.4 Å². The summed E-state index contributed by atoms with van der Waals surface area (Å²) < 4.78 is 0. The van der Waals surface area contributed by atoms with Crippen LogP contribution in [0, 0.1) is 15.5 Å². The summed E-state index contributed by atoms with van der Waals surface area (Å²) in [5, 5.41) is 29.0. The topological polar surface area (TPSA) is 90.5 Å². The summed E-state index contributed by atoms with van der Waals surface area (Å²) in [5.41, 5.74) is 2.26. The monoisotopic (exact) mass is 309 g/mol. The Morgan fingerprint density at radius 1 is 1.17 bits per heavy atom. The zero-order chi connectivity index (χ0) is 16.4. The Kier molecular flexibility index (Phi) is 3.80. The fourth-order valence-corrected chi connectivity index (χ4v) is 2.63. The highest BCUT2D eigenvalue weighted by molar-refractivity contribution is 6.04. The van der Waals surface area contributed by atoms with Gasteiger partial charge in [-0.05, 0) is 23.3 Å². The van der Waals surface area contributed by atoms with Crippen LogP contribution in [0.1, 0.15) is 12.0 Å². The number of para-hydroxylation sites is 2. The lowest BCUT2D eigenvalue weighted by atomic mass is 9.98. The van der Waals surface area contributed by atoms with Crippen LogP contribution in [0.4, 0.5) is 11.4 Å². The number of aromatic hydroxyl groups is 1. The van der Waals surface area contributed by atoms with Gasteiger partial charge in [0.25, 0.3) is 5.69 Å². The Morgan fingerprint density at radius 3 is 2.65 bits per heavy atom. The first-order valence-corrected chi connectivity index (χ1v) is 7.13. The van der Waals surface area contributed by atoms with E-state index in [9.17, 15) is 15.2 Å². The minimum Gasteiger partial charge on any atom is -0.506 e. The van der Waals surface area contributed by atoms with Crippen molar-refractivity contribution in [2.45, 2.75) is 6.42 Å². The lowest BCUT2D eigenvalue weighted by molar-refractivity contribution is -0.384. The van der Waals surface area contributed by atoms with Gasteiger partial charge >= 0.3 is 0 Å². The van der Waals surface area contributed by atoms with Crippen molar-refractivity contribution in [1.82, 2.24) is 0 Å². The van der Waals surface area contributed by atoms with Crippen molar-refractivity contribution < 1.29 is 10.0 Å². The molecule has 0 aromatic heterocycles. The van der Waals surface area contributed by atoms with Gasteiger partial charge in [0, 0.05) is 25.1 Å². The van der Waals surface area contributed by atoms with Crippen molar-refractivity contribution in [3.63, 3.8) is 0 Å². The smallest absolute Gasteiger partial charge is 0.270 e. The average Bonchev–Trinajstić information content (AvgIpc) is 2.56. The molecule has 0 bridgehead atoms. The van der Waals surface area contributed by atoms with Gasteiger partial charge in [-0.25, -0.2) is 0 Å². The Hall–Kier alpha value is -3.15. The normalized spacial score (nSPS) is 14.5. The molecule has 0 saturated carbocycles. The molecule has 0 aliphatic carbocycles. The number of hydrogen-bond acceptors (Lipinski definition) is 4. The van der Waals surface area contributed by atoms with Crippen LogP contribution in [-0.2, 0) is 0 Å². The van der Waals surface area contributed by atoms with Gasteiger partial charge in [0.15, 0.2) is 0 Å². The Balaban J connectivity index is 1.89. The van der Waals surface area contributed by atoms with Crippen molar-refractivity contribution in [2.24, 2.45) is 0 Å². The van der Waals surface area contributed by atoms with Gasteiger partial charge in [0.05, 0.1) is 10.6 Å². The van der Waals surface area contributed by atoms with E-state index in [4.69, 9.17) is 5.41 Å². The largest absolute Gasteiger partial charge is 0.506 e. The second-order valence-corrected chi connectivity index (χ2v) is 5.26. The van der Waals surface area contributed by atoms with Crippen molar-refractivity contribution in [3.8, 4) is 5.75 Å². The summed E-state index contributed by atoms with van der Waals surface area (Å²) >= 11 is 0. The molecule has 6 heteroatoms. The second-order valence-electron chi connectivity index (χ2n) is 5.26. The molecule has 0 spiro atoms. The maximum atomic E-state index is 10.9. The summed E-state index contributed by atoms with van der Waals surface area (Å²) in [6, 6.07) is 13.3. The molecule has 1 aliphatic heterocycles. The van der Waals surface area contributed by atoms with Gasteiger partial charge in [-0.15, -0.1) is 0 Å². The van der Waals surface area contributed by atoms with Gasteiger partial charge in [-0.1, -0.05) is 30.3 Å². The summed E-state index contributed by atoms with van der Waals surface area (Å²) in [6.45, 7) is 0.439. The molecular weight excluding hydrogens is 294 g/mol. The molecule has 2 aromatic carbocycles.